The second-order valence-electron chi connectivity index (χ2n) is 17.5. The number of aliphatic hydroxyl groups is 8. The van der Waals surface area contributed by atoms with Crippen LogP contribution in [0, 0.1) is 0 Å². The molecule has 3 heterocycles. The minimum absolute atomic E-state index is 0.00587. The van der Waals surface area contributed by atoms with Gasteiger partial charge in [0.2, 0.25) is 5.91 Å². The van der Waals surface area contributed by atoms with Gasteiger partial charge in [0.15, 0.2) is 6.23 Å². The van der Waals surface area contributed by atoms with Gasteiger partial charge in [-0.2, -0.15) is 0 Å². The van der Waals surface area contributed by atoms with Gasteiger partial charge in [0.25, 0.3) is 11.8 Å². The van der Waals surface area contributed by atoms with Gasteiger partial charge in [-0.3, -0.25) is 14.4 Å². The van der Waals surface area contributed by atoms with Gasteiger partial charge in [-0.25, -0.2) is 14.4 Å². The van der Waals surface area contributed by atoms with E-state index in [2.05, 4.69) is 20.8 Å². The number of hydrogen-bond donors (Lipinski definition) is 12. The smallest absolute Gasteiger partial charge is 0.407 e. The van der Waals surface area contributed by atoms with Crippen molar-refractivity contribution >= 4 is 35.9 Å². The molecular weight excluding hydrogens is 975 g/mol. The van der Waals surface area contributed by atoms with Gasteiger partial charge in [0.05, 0.1) is 13.2 Å². The Morgan fingerprint density at radius 2 is 0.946 bits per heavy atom. The van der Waals surface area contributed by atoms with E-state index in [0.717, 1.165) is 44.5 Å². The Kier molecular flexibility index (Phi) is 18.4. The molecule has 4 aromatic carbocycles. The zero-order chi connectivity index (χ0) is 53.2. The first-order chi connectivity index (χ1) is 35.5. The largest absolute Gasteiger partial charge is 0.449 e. The maximum atomic E-state index is 12.2. The molecule has 5 aliphatic rings. The molecule has 5 amide bonds. The van der Waals surface area contributed by atoms with Gasteiger partial charge in [0.1, 0.15) is 81.4 Å². The summed E-state index contributed by atoms with van der Waals surface area (Å²) in [4.78, 5) is 75.6. The lowest BCUT2D eigenvalue weighted by Gasteiger charge is -2.40. The summed E-state index contributed by atoms with van der Waals surface area (Å²) in [7, 11) is 0. The number of imide groups is 1. The molecule has 10 atom stereocenters. The number of aliphatic hydroxyl groups excluding tert-OH is 8. The number of rotatable bonds is 12. The summed E-state index contributed by atoms with van der Waals surface area (Å²) >= 11 is 0. The Bertz CT molecular complexity index is 2540. The fourth-order valence-corrected chi connectivity index (χ4v) is 8.95. The number of hydroxylamine groups is 2. The molecule has 3 saturated heterocycles. The number of carbonyl (C=O) groups excluding carboxylic acids is 6. The van der Waals surface area contributed by atoms with Gasteiger partial charge in [-0.05, 0) is 44.5 Å². The summed E-state index contributed by atoms with van der Waals surface area (Å²) in [5, 5.41) is 82.1. The molecule has 0 radical (unpaired) electrons. The van der Waals surface area contributed by atoms with Gasteiger partial charge < -0.3 is 86.3 Å². The lowest BCUT2D eigenvalue weighted by atomic mass is 9.98. The van der Waals surface area contributed by atoms with Crippen molar-refractivity contribution in [2.75, 3.05) is 39.5 Å². The topological polar surface area (TPSA) is 376 Å². The predicted molar refractivity (Wildman–Crippen MR) is 253 cm³/mol. The van der Waals surface area contributed by atoms with Crippen molar-refractivity contribution in [2.45, 2.75) is 86.0 Å². The van der Waals surface area contributed by atoms with E-state index in [1.807, 2.05) is 97.1 Å². The van der Waals surface area contributed by atoms with E-state index in [4.69, 9.17) is 40.0 Å². The van der Waals surface area contributed by atoms with E-state index in [9.17, 15) is 54.3 Å². The van der Waals surface area contributed by atoms with Crippen LogP contribution in [0.1, 0.15) is 46.9 Å². The molecule has 9 rings (SSSR count). The molecule has 3 fully saturated rings. The zero-order valence-corrected chi connectivity index (χ0v) is 39.4. The number of ether oxygens (including phenoxy) is 4. The third-order valence-electron chi connectivity index (χ3n) is 12.8. The number of benzene rings is 4. The predicted octanol–water partition coefficient (Wildman–Crippen LogP) is -1.68. The van der Waals surface area contributed by atoms with Crippen LogP contribution in [0.2, 0.25) is 0 Å². The number of fused-ring (bicyclic) bond motifs is 6. The number of carbonyl (C=O) groups is 6. The highest BCUT2D eigenvalue weighted by molar-refractivity contribution is 6.01. The maximum absolute atomic E-state index is 12.2. The summed E-state index contributed by atoms with van der Waals surface area (Å²) in [6.45, 7) is -1.85. The molecule has 4 aromatic rings. The van der Waals surface area contributed by atoms with Crippen LogP contribution in [0.15, 0.2) is 97.1 Å². The fraction of sp³-hybridized carbons (Fsp3) is 0.400. The van der Waals surface area contributed by atoms with Crippen molar-refractivity contribution in [1.29, 1.82) is 0 Å². The van der Waals surface area contributed by atoms with Crippen LogP contribution in [0.3, 0.4) is 0 Å². The summed E-state index contributed by atoms with van der Waals surface area (Å²) in [6, 6.07) is 31.7. The minimum atomic E-state index is -1.61. The molecule has 13 N–H and O–H groups in total. The molecular formula is C50H57N5O19. The first-order valence-electron chi connectivity index (χ1n) is 23.4. The first kappa shape index (κ1) is 54.8. The van der Waals surface area contributed by atoms with Gasteiger partial charge in [-0.1, -0.05) is 97.1 Å². The van der Waals surface area contributed by atoms with Gasteiger partial charge in [0, 0.05) is 24.7 Å². The number of amides is 5. The van der Waals surface area contributed by atoms with Crippen molar-refractivity contribution in [2.24, 2.45) is 5.73 Å². The summed E-state index contributed by atoms with van der Waals surface area (Å²) in [5.74, 6) is -3.02. The number of alkyl carbamates (subject to hydrolysis) is 2. The van der Waals surface area contributed by atoms with E-state index >= 15 is 0 Å². The number of nitrogens with zero attached hydrogens (tertiary/aromatic N) is 1. The number of hydrogen-bond acceptors (Lipinski definition) is 20. The van der Waals surface area contributed by atoms with E-state index in [0.29, 0.717) is 5.06 Å². The monoisotopic (exact) mass is 1030 g/mol. The molecule has 3 aliphatic heterocycles. The Hall–Kier alpha value is -6.94. The van der Waals surface area contributed by atoms with Crippen LogP contribution in [-0.4, -0.2) is 183 Å². The van der Waals surface area contributed by atoms with Crippen LogP contribution >= 0.6 is 0 Å². The van der Waals surface area contributed by atoms with Gasteiger partial charge >= 0.3 is 18.2 Å². The Labute approximate surface area is 422 Å². The van der Waals surface area contributed by atoms with Crippen LogP contribution < -0.4 is 21.7 Å². The van der Waals surface area contributed by atoms with Crippen molar-refractivity contribution in [3.8, 4) is 22.3 Å². The molecule has 24 heteroatoms. The molecule has 4 unspecified atom stereocenters. The standard InChI is InChI=1S/C23H26N2O8.C21H18N2O6.C6H13NO5/c26-10-17-19(28)20(29)21(30)22(33-17)25-18(27)9-24-23(31)32-11-16-14-7-3-1-5-12(14)13-6-2-4-8-15(13)16;24-18-9-10-19(25)23(18)29-20(26)11-22-21(27)28-12-17-15-7-3-1-5-13(15)14-6-2-4-8-16(14)17;7-6-5(11)4(10)3(9)2(1-8)12-6/h1-8,16-17,19-22,26,28-30H,9-11H2,(H,24,31)(H,25,27);1-8,17H,9-12H2,(H,22,27);2-6,8-11H,1,7H2/t17?,19-,20-,21?,22+;;2?,3-,4-,5?,6+/m0.0/s1. The highest BCUT2D eigenvalue weighted by Crippen LogP contribution is 2.45. The van der Waals surface area contributed by atoms with E-state index < -0.39 is 123 Å². The lowest BCUT2D eigenvalue weighted by Crippen LogP contribution is -2.63. The quantitative estimate of drug-likeness (QED) is 0.0705. The third-order valence-corrected chi connectivity index (χ3v) is 12.8. The third kappa shape index (κ3) is 12.5. The van der Waals surface area contributed by atoms with Crippen LogP contribution in [0.5, 0.6) is 0 Å². The van der Waals surface area contributed by atoms with E-state index in [1.165, 1.54) is 0 Å². The fourth-order valence-electron chi connectivity index (χ4n) is 8.95. The number of nitrogens with one attached hydrogen (secondary N) is 3. The molecule has 0 spiro atoms. The van der Waals surface area contributed by atoms with Crippen molar-refractivity contribution in [3.05, 3.63) is 119 Å². The molecule has 0 bridgehead atoms. The Balaban J connectivity index is 0.000000178. The second-order valence-corrected chi connectivity index (χ2v) is 17.5. The average molecular weight is 1030 g/mol. The summed E-state index contributed by atoms with van der Waals surface area (Å²) < 4.78 is 20.6. The molecule has 2 aliphatic carbocycles. The van der Waals surface area contributed by atoms with Gasteiger partial charge in [-0.15, -0.1) is 5.06 Å². The summed E-state index contributed by atoms with van der Waals surface area (Å²) in [5.41, 5.74) is 13.9. The van der Waals surface area contributed by atoms with Crippen LogP contribution in [0.4, 0.5) is 9.59 Å². The van der Waals surface area contributed by atoms with E-state index in [-0.39, 0.29) is 37.9 Å². The Morgan fingerprint density at radius 3 is 1.38 bits per heavy atom. The van der Waals surface area contributed by atoms with Crippen molar-refractivity contribution in [1.82, 2.24) is 21.0 Å². The summed E-state index contributed by atoms with van der Waals surface area (Å²) in [6.07, 6.45) is -14.8. The van der Waals surface area contributed by atoms with E-state index in [1.54, 1.807) is 0 Å². The molecule has 74 heavy (non-hydrogen) atoms. The van der Waals surface area contributed by atoms with Crippen LogP contribution in [-0.2, 0) is 43.0 Å². The number of nitrogens with two attached hydrogens (primary N) is 1. The maximum Gasteiger partial charge on any atom is 0.407 e. The highest BCUT2D eigenvalue weighted by Gasteiger charge is 2.44. The first-order valence-corrected chi connectivity index (χ1v) is 23.4. The van der Waals surface area contributed by atoms with Crippen LogP contribution in [0.25, 0.3) is 22.3 Å². The Morgan fingerprint density at radius 1 is 0.554 bits per heavy atom. The molecule has 0 aromatic heterocycles. The second kappa shape index (κ2) is 24.9. The molecule has 24 nitrogen and oxygen atoms in total. The SMILES string of the molecule is N[C@@H]1OC(CO)[C@H](O)[C@H](O)C1O.O=C(CNC(=O)OCC1c2ccccc2-c2ccccc21)N[C@@H]1OC(CO)[C@H](O)[C@H](O)C1O.O=C(CNC(=O)OCC1c2ccccc2-c2ccccc21)ON1C(=O)CCC1=O. The minimum Gasteiger partial charge on any atom is -0.449 e. The van der Waals surface area contributed by atoms with Crippen molar-refractivity contribution in [3.63, 3.8) is 0 Å². The average Bonchev–Trinajstić information content (AvgIpc) is 4.03. The normalized spacial score (nSPS) is 25.6. The molecule has 396 valence electrons. The highest BCUT2D eigenvalue weighted by atomic mass is 16.7. The van der Waals surface area contributed by atoms with Crippen molar-refractivity contribution < 1.29 is 93.4 Å². The lowest BCUT2D eigenvalue weighted by molar-refractivity contribution is -0.235. The zero-order valence-electron chi connectivity index (χ0n) is 39.4. The molecule has 0 saturated carbocycles.